The van der Waals surface area contributed by atoms with Gasteiger partial charge in [-0.05, 0) is 79.2 Å². The molecule has 6 atom stereocenters. The molecule has 272 valence electrons. The van der Waals surface area contributed by atoms with Gasteiger partial charge in [-0.15, -0.1) is 4.36 Å². The number of nitrogens with one attached hydrogen (secondary N) is 1. The van der Waals surface area contributed by atoms with Gasteiger partial charge in [-0.1, -0.05) is 25.1 Å². The van der Waals surface area contributed by atoms with Crippen LogP contribution in [0.2, 0.25) is 5.02 Å². The van der Waals surface area contributed by atoms with Gasteiger partial charge in [0.25, 0.3) is 5.91 Å². The molecule has 4 aliphatic rings. The molecular formula is C37H50ClN4O7S+. The molecule has 0 radical (unpaired) electrons. The zero-order valence-corrected chi connectivity index (χ0v) is 31.0. The van der Waals surface area contributed by atoms with E-state index in [4.69, 9.17) is 30.5 Å². The van der Waals surface area contributed by atoms with Crippen LogP contribution in [0.15, 0.2) is 52.9 Å². The highest BCUT2D eigenvalue weighted by atomic mass is 35.5. The lowest BCUT2D eigenvalue weighted by atomic mass is 9.70. The number of carbonyl (C=O) groups excluding carboxylic acids is 2. The Kier molecular flexibility index (Phi) is 11.7. The third-order valence-electron chi connectivity index (χ3n) is 10.6. The number of hydrogen-bond acceptors (Lipinski definition) is 8. The first-order valence-electron chi connectivity index (χ1n) is 17.5. The van der Waals surface area contributed by atoms with E-state index in [9.17, 15) is 13.8 Å². The van der Waals surface area contributed by atoms with E-state index in [0.717, 1.165) is 42.8 Å². The van der Waals surface area contributed by atoms with Crippen LogP contribution in [0.5, 0.6) is 5.75 Å². The molecule has 6 rings (SSSR count). The summed E-state index contributed by atoms with van der Waals surface area (Å²) in [5.74, 6) is 0.143. The van der Waals surface area contributed by atoms with Gasteiger partial charge in [0.1, 0.15) is 15.7 Å². The first kappa shape index (κ1) is 36.6. The Balaban J connectivity index is 1.45. The molecule has 11 nitrogen and oxygen atoms in total. The fourth-order valence-corrected chi connectivity index (χ4v) is 9.50. The highest BCUT2D eigenvalue weighted by Gasteiger charge is 2.39. The Morgan fingerprint density at radius 2 is 1.76 bits per heavy atom. The van der Waals surface area contributed by atoms with Gasteiger partial charge in [-0.25, -0.2) is 9.00 Å². The molecule has 3 aliphatic heterocycles. The number of hydrogen-bond donors (Lipinski definition) is 1. The van der Waals surface area contributed by atoms with Gasteiger partial charge < -0.3 is 28.7 Å². The summed E-state index contributed by atoms with van der Waals surface area (Å²) in [5.41, 5.74) is 3.46. The Bertz CT molecular complexity index is 1710. The fourth-order valence-electron chi connectivity index (χ4n) is 7.41. The van der Waals surface area contributed by atoms with Crippen molar-refractivity contribution in [3.8, 4) is 5.75 Å². The Morgan fingerprint density at radius 3 is 2.48 bits per heavy atom. The van der Waals surface area contributed by atoms with Gasteiger partial charge in [0, 0.05) is 52.1 Å². The normalized spacial score (nSPS) is 29.9. The summed E-state index contributed by atoms with van der Waals surface area (Å²) < 4.78 is 45.1. The molecule has 3 amide bonds. The van der Waals surface area contributed by atoms with E-state index in [1.54, 1.807) is 33.5 Å². The number of anilines is 1. The molecule has 1 unspecified atom stereocenters. The number of carbonyl (C=O) groups is 2. The molecule has 13 heteroatoms. The maximum Gasteiger partial charge on any atom is 0.330 e. The van der Waals surface area contributed by atoms with E-state index >= 15 is 0 Å². The average molecular weight is 730 g/mol. The molecule has 1 saturated heterocycles. The van der Waals surface area contributed by atoms with Crippen LogP contribution in [0, 0.1) is 29.4 Å². The van der Waals surface area contributed by atoms with E-state index in [1.807, 2.05) is 31.2 Å². The van der Waals surface area contributed by atoms with Crippen LogP contribution in [-0.2, 0) is 37.1 Å². The molecule has 2 aromatic carbocycles. The second-order valence-corrected chi connectivity index (χ2v) is 16.4. The first-order valence-corrected chi connectivity index (χ1v) is 19.6. The quantitative estimate of drug-likeness (QED) is 0.441. The third-order valence-corrected chi connectivity index (χ3v) is 12.8. The maximum absolute atomic E-state index is 14.6. The van der Waals surface area contributed by atoms with Crippen LogP contribution in [0.3, 0.4) is 0 Å². The van der Waals surface area contributed by atoms with E-state index in [0.29, 0.717) is 44.5 Å². The van der Waals surface area contributed by atoms with E-state index in [2.05, 4.69) is 26.1 Å². The predicted octanol–water partition coefficient (Wildman–Crippen LogP) is 4.93. The van der Waals surface area contributed by atoms with E-state index in [-0.39, 0.29) is 35.4 Å². The lowest BCUT2D eigenvalue weighted by Crippen LogP contribution is -2.58. The lowest BCUT2D eigenvalue weighted by molar-refractivity contribution is -0.289. The average Bonchev–Trinajstić information content (AvgIpc) is 3.08. The highest BCUT2D eigenvalue weighted by molar-refractivity contribution is 7.92. The van der Waals surface area contributed by atoms with E-state index < -0.39 is 28.0 Å². The Hall–Kier alpha value is -3.16. The van der Waals surface area contributed by atoms with E-state index in [1.165, 1.54) is 16.0 Å². The molecule has 1 saturated carbocycles. The minimum absolute atomic E-state index is 0.0861. The number of halogens is 1. The Labute approximate surface area is 300 Å². The lowest BCUT2D eigenvalue weighted by Gasteiger charge is -2.43. The standard InChI is InChI=1S/C37H49ClN4O7S/c1-24-23-50(45,40-37(44)42-21-30(22-42)46-2)39-36(43)26-10-13-35-32(18-26)41(19-27-8-11-29(38)17-25(27)7-5-6-16-49-35)20-28-9-12-31(28)34(48-4)15-14-33(24)47-3/h8,10-11,13-15,17-18,24,28,30-31,33-34,38H,5-7,9,12,16,19-23H2,1-4H3/p+1/b15-14+/t24-,28+,31-,33+,34+,50?/m1/s1. The van der Waals surface area contributed by atoms with Crippen molar-refractivity contribution >= 4 is 27.5 Å². The summed E-state index contributed by atoms with van der Waals surface area (Å²) in [6, 6.07) is 10.9. The van der Waals surface area contributed by atoms with Crippen molar-refractivity contribution in [3.63, 3.8) is 0 Å². The summed E-state index contributed by atoms with van der Waals surface area (Å²) >= 11 is 5.55. The van der Waals surface area contributed by atoms with Gasteiger partial charge in [0.05, 0.1) is 49.4 Å². The third kappa shape index (κ3) is 8.31. The summed E-state index contributed by atoms with van der Waals surface area (Å²) in [6.45, 7) is 4.46. The van der Waals surface area contributed by atoms with Crippen molar-refractivity contribution in [3.05, 3.63) is 70.3 Å². The molecule has 1 aliphatic carbocycles. The molecule has 2 fully saturated rings. The minimum Gasteiger partial charge on any atom is -0.491 e. The van der Waals surface area contributed by atoms with Gasteiger partial charge in [0.15, 0.2) is 11.6 Å². The van der Waals surface area contributed by atoms with Crippen LogP contribution in [0.1, 0.15) is 54.1 Å². The van der Waals surface area contributed by atoms with Crippen LogP contribution < -0.4 is 14.4 Å². The summed E-state index contributed by atoms with van der Waals surface area (Å²) in [4.78, 5) is 31.1. The molecule has 2 bridgehead atoms. The maximum atomic E-state index is 14.6. The van der Waals surface area contributed by atoms with Crippen molar-refractivity contribution in [2.75, 3.05) is 58.2 Å². The smallest absolute Gasteiger partial charge is 0.330 e. The van der Waals surface area contributed by atoms with Crippen molar-refractivity contribution in [1.29, 1.82) is 0 Å². The molecule has 0 spiro atoms. The molecule has 3 heterocycles. The van der Waals surface area contributed by atoms with Crippen molar-refractivity contribution < 1.29 is 44.3 Å². The summed E-state index contributed by atoms with van der Waals surface area (Å²) in [7, 11) is 1.32. The molecule has 50 heavy (non-hydrogen) atoms. The number of methoxy groups -OCH3 is 3. The van der Waals surface area contributed by atoms with Gasteiger partial charge in [-0.2, -0.15) is 0 Å². The van der Waals surface area contributed by atoms with Crippen molar-refractivity contribution in [1.82, 2.24) is 9.62 Å². The number of aryl methyl sites for hydroxylation is 1. The highest BCUT2D eigenvalue weighted by Crippen LogP contribution is 2.42. The predicted molar refractivity (Wildman–Crippen MR) is 190 cm³/mol. The summed E-state index contributed by atoms with van der Waals surface area (Å²) in [6.07, 6.45) is 8.11. The number of likely N-dealkylation sites (tertiary alicyclic amines) is 1. The van der Waals surface area contributed by atoms with Crippen LogP contribution in [-0.4, -0.2) is 92.7 Å². The molecular weight excluding hydrogens is 680 g/mol. The Morgan fingerprint density at radius 1 is 0.980 bits per heavy atom. The first-order chi connectivity index (χ1) is 24.1. The fraction of sp³-hybridized carbons (Fsp3) is 0.568. The number of benzene rings is 2. The number of ether oxygens (including phenoxy) is 4. The number of fused-ring (bicyclic) bond motifs is 3. The molecule has 1 N–H and O–H groups in total. The van der Waals surface area contributed by atoms with Gasteiger partial charge in [0.2, 0.25) is 5.02 Å². The number of amides is 3. The number of rotatable bonds is 4. The van der Waals surface area contributed by atoms with Gasteiger partial charge >= 0.3 is 6.03 Å². The topological polar surface area (TPSA) is 119 Å². The minimum atomic E-state index is -3.59. The SMILES string of the molecule is COC1CN(C(=O)NS2(=O)=NC(=O)c3ccc4c(c3)N(Cc3ccc([ClH+])cc3CCCCO4)C[C@@H]3CC[C@H]3[C@@H](OC)/C=C/[C@H](OC)[C@H](C)C2)C1. The van der Waals surface area contributed by atoms with Crippen LogP contribution in [0.25, 0.3) is 0 Å². The monoisotopic (exact) mass is 729 g/mol. The van der Waals surface area contributed by atoms with Crippen molar-refractivity contribution in [2.24, 2.45) is 22.1 Å². The second kappa shape index (κ2) is 16.0. The number of nitrogens with zero attached hydrogens (tertiary/aromatic N) is 3. The van der Waals surface area contributed by atoms with Gasteiger partial charge in [-0.3, -0.25) is 9.52 Å². The molecule has 0 aromatic heterocycles. The summed E-state index contributed by atoms with van der Waals surface area (Å²) in [5, 5.41) is 0.818. The zero-order chi connectivity index (χ0) is 35.4. The van der Waals surface area contributed by atoms with Crippen LogP contribution in [0.4, 0.5) is 10.5 Å². The van der Waals surface area contributed by atoms with Crippen molar-refractivity contribution in [2.45, 2.75) is 63.9 Å². The van der Waals surface area contributed by atoms with Crippen LogP contribution >= 0.6 is 0 Å². The molecule has 2 aromatic rings. The number of urea groups is 1. The largest absolute Gasteiger partial charge is 0.491 e. The zero-order valence-electron chi connectivity index (χ0n) is 29.4. The second-order valence-electron chi connectivity index (χ2n) is 13.9.